The largest absolute Gasteiger partial charge is 0.454 e. The van der Waals surface area contributed by atoms with Gasteiger partial charge in [0.1, 0.15) is 0 Å². The minimum atomic E-state index is 0.319. The summed E-state index contributed by atoms with van der Waals surface area (Å²) in [5.41, 5.74) is 2.20. The Kier molecular flexibility index (Phi) is 1.24. The van der Waals surface area contributed by atoms with Crippen molar-refractivity contribution in [1.29, 1.82) is 0 Å². The zero-order valence-electron chi connectivity index (χ0n) is 6.91. The number of hydrogen-bond donors (Lipinski definition) is 1. The summed E-state index contributed by atoms with van der Waals surface area (Å²) in [5.74, 6) is 1.62. The molecular weight excluding hydrogens is 168 g/mol. The quantitative estimate of drug-likeness (QED) is 0.649. The van der Waals surface area contributed by atoms with Gasteiger partial charge in [-0.25, -0.2) is 0 Å². The number of anilines is 1. The van der Waals surface area contributed by atoms with Gasteiger partial charge in [-0.2, -0.15) is 0 Å². The Hall–Kier alpha value is -1.71. The van der Waals surface area contributed by atoms with Crippen LogP contribution >= 0.6 is 0 Å². The van der Waals surface area contributed by atoms with Crippen LogP contribution in [0.25, 0.3) is 0 Å². The summed E-state index contributed by atoms with van der Waals surface area (Å²) in [7, 11) is 0. The number of nitrogens with one attached hydrogen (secondary N) is 1. The van der Waals surface area contributed by atoms with Gasteiger partial charge in [0.2, 0.25) is 6.79 Å². The monoisotopic (exact) mass is 176 g/mol. The predicted octanol–water partition coefficient (Wildman–Crippen LogP) is 1.37. The van der Waals surface area contributed by atoms with Crippen molar-refractivity contribution in [2.45, 2.75) is 6.54 Å². The lowest BCUT2D eigenvalue weighted by Crippen LogP contribution is -2.04. The molecule has 0 bridgehead atoms. The summed E-state index contributed by atoms with van der Waals surface area (Å²) in [6.45, 7) is 1.03. The molecule has 4 heteroatoms. The van der Waals surface area contributed by atoms with Gasteiger partial charge in [0.25, 0.3) is 0 Å². The maximum absolute atomic E-state index is 5.26. The van der Waals surface area contributed by atoms with Crippen LogP contribution in [-0.4, -0.2) is 13.1 Å². The number of hydrogen-bond acceptors (Lipinski definition) is 4. The minimum Gasteiger partial charge on any atom is -0.454 e. The highest BCUT2D eigenvalue weighted by Gasteiger charge is 2.17. The van der Waals surface area contributed by atoms with Gasteiger partial charge in [-0.15, -0.1) is 0 Å². The molecule has 1 aromatic carbocycles. The molecule has 1 aromatic rings. The lowest BCUT2D eigenvalue weighted by atomic mass is 10.1. The highest BCUT2D eigenvalue weighted by atomic mass is 16.7. The summed E-state index contributed by atoms with van der Waals surface area (Å²) in [6.07, 6.45) is 1.70. The number of benzene rings is 1. The van der Waals surface area contributed by atoms with E-state index in [4.69, 9.17) is 9.47 Å². The van der Waals surface area contributed by atoms with E-state index in [0.29, 0.717) is 13.3 Å². The molecule has 3 rings (SSSR count). The molecule has 2 aliphatic rings. The second-order valence-electron chi connectivity index (χ2n) is 2.98. The van der Waals surface area contributed by atoms with Crippen LogP contribution < -0.4 is 14.8 Å². The Balaban J connectivity index is 2.14. The molecule has 0 aliphatic carbocycles. The van der Waals surface area contributed by atoms with Crippen molar-refractivity contribution in [1.82, 2.24) is 0 Å². The summed E-state index contributed by atoms with van der Waals surface area (Å²) >= 11 is 0. The fourth-order valence-corrected chi connectivity index (χ4v) is 1.51. The molecule has 2 heterocycles. The van der Waals surface area contributed by atoms with E-state index in [0.717, 1.165) is 22.7 Å². The van der Waals surface area contributed by atoms with E-state index in [-0.39, 0.29) is 0 Å². The Morgan fingerprint density at radius 3 is 3.00 bits per heavy atom. The number of rotatable bonds is 0. The average molecular weight is 176 g/mol. The van der Waals surface area contributed by atoms with Crippen LogP contribution in [0, 0.1) is 0 Å². The lowest BCUT2D eigenvalue weighted by molar-refractivity contribution is 0.174. The van der Waals surface area contributed by atoms with E-state index >= 15 is 0 Å². The topological polar surface area (TPSA) is 42.9 Å². The first kappa shape index (κ1) is 6.77. The first-order valence-electron chi connectivity index (χ1n) is 4.11. The summed E-state index contributed by atoms with van der Waals surface area (Å²) in [4.78, 5) is 4.11. The van der Waals surface area contributed by atoms with Crippen LogP contribution in [0.2, 0.25) is 0 Å². The number of aliphatic imine (C=N–C) groups is 1. The fraction of sp³-hybridized carbons (Fsp3) is 0.222. The molecule has 2 aliphatic heterocycles. The van der Waals surface area contributed by atoms with Crippen molar-refractivity contribution < 1.29 is 9.47 Å². The Bertz CT molecular complexity index is 352. The zero-order valence-corrected chi connectivity index (χ0v) is 6.91. The molecule has 0 radical (unpaired) electrons. The molecule has 0 saturated carbocycles. The molecule has 0 atom stereocenters. The maximum atomic E-state index is 5.26. The Labute approximate surface area is 75.2 Å². The molecule has 0 fully saturated rings. The van der Waals surface area contributed by atoms with Gasteiger partial charge in [0, 0.05) is 17.3 Å². The number of fused-ring (bicyclic) bond motifs is 2. The average Bonchev–Trinajstić information content (AvgIpc) is 2.61. The maximum Gasteiger partial charge on any atom is 0.231 e. The van der Waals surface area contributed by atoms with Gasteiger partial charge in [-0.1, -0.05) is 0 Å². The van der Waals surface area contributed by atoms with Crippen LogP contribution in [0.5, 0.6) is 11.5 Å². The van der Waals surface area contributed by atoms with E-state index in [1.54, 1.807) is 6.34 Å². The highest BCUT2D eigenvalue weighted by molar-refractivity contribution is 5.81. The lowest BCUT2D eigenvalue weighted by Gasteiger charge is -2.12. The van der Waals surface area contributed by atoms with Crippen LogP contribution in [-0.2, 0) is 6.54 Å². The van der Waals surface area contributed by atoms with Crippen LogP contribution in [0.1, 0.15) is 5.56 Å². The zero-order chi connectivity index (χ0) is 8.67. The minimum absolute atomic E-state index is 0.319. The number of ether oxygens (including phenoxy) is 2. The third-order valence-electron chi connectivity index (χ3n) is 2.17. The van der Waals surface area contributed by atoms with E-state index in [9.17, 15) is 0 Å². The highest BCUT2D eigenvalue weighted by Crippen LogP contribution is 2.37. The Morgan fingerprint density at radius 1 is 1.23 bits per heavy atom. The van der Waals surface area contributed by atoms with Gasteiger partial charge in [0.05, 0.1) is 12.9 Å². The molecule has 0 aromatic heterocycles. The normalized spacial score (nSPS) is 16.6. The summed E-state index contributed by atoms with van der Waals surface area (Å²) < 4.78 is 10.5. The van der Waals surface area contributed by atoms with Crippen molar-refractivity contribution in [3.05, 3.63) is 17.7 Å². The molecule has 0 unspecified atom stereocenters. The fourth-order valence-electron chi connectivity index (χ4n) is 1.51. The molecule has 4 nitrogen and oxygen atoms in total. The van der Waals surface area contributed by atoms with E-state index in [1.165, 1.54) is 0 Å². The third kappa shape index (κ3) is 0.950. The predicted molar refractivity (Wildman–Crippen MR) is 48.4 cm³/mol. The Morgan fingerprint density at radius 2 is 2.08 bits per heavy atom. The second kappa shape index (κ2) is 2.39. The van der Waals surface area contributed by atoms with Crippen molar-refractivity contribution in [3.63, 3.8) is 0 Å². The SMILES string of the molecule is C1=NCc2cc3c(cc2N1)OCO3. The van der Waals surface area contributed by atoms with Crippen LogP contribution in [0.15, 0.2) is 17.1 Å². The van der Waals surface area contributed by atoms with Gasteiger partial charge < -0.3 is 14.8 Å². The van der Waals surface area contributed by atoms with Crippen molar-refractivity contribution in [2.75, 3.05) is 12.1 Å². The standard InChI is InChI=1S/C9H8N2O2/c1-6-3-10-4-11-7(6)2-9-8(1)12-5-13-9/h1-2,4H,3,5H2,(H,10,11). The van der Waals surface area contributed by atoms with E-state index < -0.39 is 0 Å². The van der Waals surface area contributed by atoms with Crippen molar-refractivity contribution >= 4 is 12.0 Å². The van der Waals surface area contributed by atoms with Crippen molar-refractivity contribution in [2.24, 2.45) is 4.99 Å². The van der Waals surface area contributed by atoms with Gasteiger partial charge >= 0.3 is 0 Å². The molecule has 13 heavy (non-hydrogen) atoms. The van der Waals surface area contributed by atoms with Gasteiger partial charge in [0.15, 0.2) is 11.5 Å². The van der Waals surface area contributed by atoms with E-state index in [2.05, 4.69) is 10.3 Å². The molecule has 66 valence electrons. The molecule has 0 amide bonds. The summed E-state index contributed by atoms with van der Waals surface area (Å²) in [5, 5.41) is 3.07. The van der Waals surface area contributed by atoms with Gasteiger partial charge in [-0.3, -0.25) is 4.99 Å². The van der Waals surface area contributed by atoms with Crippen LogP contribution in [0.4, 0.5) is 5.69 Å². The molecule has 0 saturated heterocycles. The van der Waals surface area contributed by atoms with Crippen LogP contribution in [0.3, 0.4) is 0 Å². The summed E-state index contributed by atoms with van der Waals surface area (Å²) in [6, 6.07) is 3.92. The third-order valence-corrected chi connectivity index (χ3v) is 2.17. The first-order valence-corrected chi connectivity index (χ1v) is 4.11. The first-order chi connectivity index (χ1) is 6.43. The van der Waals surface area contributed by atoms with Crippen molar-refractivity contribution in [3.8, 4) is 11.5 Å². The van der Waals surface area contributed by atoms with E-state index in [1.807, 2.05) is 12.1 Å². The molecule has 0 spiro atoms. The molecular formula is C9H8N2O2. The smallest absolute Gasteiger partial charge is 0.231 e. The number of nitrogens with zero attached hydrogens (tertiary/aromatic N) is 1. The van der Waals surface area contributed by atoms with Gasteiger partial charge in [-0.05, 0) is 6.07 Å². The molecule has 1 N–H and O–H groups in total. The second-order valence-corrected chi connectivity index (χ2v) is 2.98.